The number of hydrogen-bond donors (Lipinski definition) is 1. The Bertz CT molecular complexity index is 749. The van der Waals surface area contributed by atoms with Gasteiger partial charge in [0.1, 0.15) is 11.4 Å². The molecule has 0 spiro atoms. The van der Waals surface area contributed by atoms with E-state index in [2.05, 4.69) is 10.3 Å². The second-order valence-corrected chi connectivity index (χ2v) is 5.76. The minimum absolute atomic E-state index is 0.289. The summed E-state index contributed by atoms with van der Waals surface area (Å²) in [7, 11) is 0. The molecule has 1 atom stereocenters. The quantitative estimate of drug-likeness (QED) is 0.859. The average molecular weight is 327 g/mol. The van der Waals surface area contributed by atoms with Crippen molar-refractivity contribution in [1.29, 1.82) is 0 Å². The van der Waals surface area contributed by atoms with E-state index in [1.165, 1.54) is 17.0 Å². The fourth-order valence-corrected chi connectivity index (χ4v) is 2.99. The van der Waals surface area contributed by atoms with Gasteiger partial charge in [0.2, 0.25) is 0 Å². The SMILES string of the molecule is CCC1(c2ccc(F)cc2)NC(=O)N(CCc2ccncc2)C1=O. The van der Waals surface area contributed by atoms with E-state index in [9.17, 15) is 14.0 Å². The lowest BCUT2D eigenvalue weighted by Crippen LogP contribution is -2.43. The summed E-state index contributed by atoms with van der Waals surface area (Å²) in [5, 5.41) is 2.79. The van der Waals surface area contributed by atoms with Crippen molar-refractivity contribution >= 4 is 11.9 Å². The van der Waals surface area contributed by atoms with Crippen LogP contribution >= 0.6 is 0 Å². The Morgan fingerprint density at radius 2 is 1.79 bits per heavy atom. The van der Waals surface area contributed by atoms with Crippen molar-refractivity contribution in [2.24, 2.45) is 0 Å². The lowest BCUT2D eigenvalue weighted by molar-refractivity contribution is -0.131. The summed E-state index contributed by atoms with van der Waals surface area (Å²) in [4.78, 5) is 30.4. The lowest BCUT2D eigenvalue weighted by atomic mass is 9.87. The number of carbonyl (C=O) groups is 2. The van der Waals surface area contributed by atoms with Crippen LogP contribution in [0.4, 0.5) is 9.18 Å². The van der Waals surface area contributed by atoms with Gasteiger partial charge < -0.3 is 5.32 Å². The van der Waals surface area contributed by atoms with Gasteiger partial charge in [0.05, 0.1) is 0 Å². The van der Waals surface area contributed by atoms with Crippen LogP contribution in [-0.4, -0.2) is 28.4 Å². The molecule has 1 unspecified atom stereocenters. The van der Waals surface area contributed by atoms with Gasteiger partial charge >= 0.3 is 6.03 Å². The summed E-state index contributed by atoms with van der Waals surface area (Å²) < 4.78 is 13.2. The highest BCUT2D eigenvalue weighted by Crippen LogP contribution is 2.32. The maximum atomic E-state index is 13.2. The summed E-state index contributed by atoms with van der Waals surface area (Å²) in [6, 6.07) is 8.97. The average Bonchev–Trinajstić information content (AvgIpc) is 2.85. The second-order valence-electron chi connectivity index (χ2n) is 5.76. The van der Waals surface area contributed by atoms with E-state index < -0.39 is 11.6 Å². The van der Waals surface area contributed by atoms with Gasteiger partial charge in [0, 0.05) is 18.9 Å². The van der Waals surface area contributed by atoms with Crippen LogP contribution in [0.1, 0.15) is 24.5 Å². The van der Waals surface area contributed by atoms with Crippen LogP contribution in [0.15, 0.2) is 48.8 Å². The molecule has 6 heteroatoms. The summed E-state index contributed by atoms with van der Waals surface area (Å²) in [6.07, 6.45) is 4.31. The molecule has 124 valence electrons. The predicted octanol–water partition coefficient (Wildman–Crippen LogP) is 2.62. The third kappa shape index (κ3) is 2.75. The van der Waals surface area contributed by atoms with Crippen LogP contribution < -0.4 is 5.32 Å². The molecule has 1 aliphatic rings. The van der Waals surface area contributed by atoms with Crippen molar-refractivity contribution in [1.82, 2.24) is 15.2 Å². The number of carbonyl (C=O) groups excluding carboxylic acids is 2. The van der Waals surface area contributed by atoms with E-state index in [4.69, 9.17) is 0 Å². The minimum Gasteiger partial charge on any atom is -0.319 e. The molecule has 1 N–H and O–H groups in total. The molecule has 24 heavy (non-hydrogen) atoms. The van der Waals surface area contributed by atoms with Gasteiger partial charge in [-0.2, -0.15) is 0 Å². The number of nitrogens with one attached hydrogen (secondary N) is 1. The van der Waals surface area contributed by atoms with E-state index in [0.717, 1.165) is 5.56 Å². The van der Waals surface area contributed by atoms with Gasteiger partial charge in [-0.15, -0.1) is 0 Å². The number of pyridine rings is 1. The Balaban J connectivity index is 1.82. The van der Waals surface area contributed by atoms with Gasteiger partial charge in [-0.05, 0) is 48.2 Å². The number of halogens is 1. The number of nitrogens with zero attached hydrogens (tertiary/aromatic N) is 2. The van der Waals surface area contributed by atoms with Crippen LogP contribution in [0.25, 0.3) is 0 Å². The normalized spacial score (nSPS) is 20.3. The third-order valence-corrected chi connectivity index (χ3v) is 4.42. The van der Waals surface area contributed by atoms with E-state index in [1.807, 2.05) is 19.1 Å². The van der Waals surface area contributed by atoms with Crippen molar-refractivity contribution in [3.05, 3.63) is 65.7 Å². The zero-order valence-electron chi connectivity index (χ0n) is 13.3. The Morgan fingerprint density at radius 3 is 2.42 bits per heavy atom. The van der Waals surface area contributed by atoms with Crippen LogP contribution in [0.5, 0.6) is 0 Å². The van der Waals surface area contributed by atoms with Crippen molar-refractivity contribution in [2.45, 2.75) is 25.3 Å². The first-order valence-corrected chi connectivity index (χ1v) is 7.86. The van der Waals surface area contributed by atoms with E-state index in [0.29, 0.717) is 18.4 Å². The number of hydrogen-bond acceptors (Lipinski definition) is 3. The van der Waals surface area contributed by atoms with Gasteiger partial charge in [-0.3, -0.25) is 14.7 Å². The van der Waals surface area contributed by atoms with Crippen LogP contribution in [0.2, 0.25) is 0 Å². The molecule has 3 rings (SSSR count). The molecule has 0 radical (unpaired) electrons. The molecule has 1 saturated heterocycles. The molecular weight excluding hydrogens is 309 g/mol. The van der Waals surface area contributed by atoms with Gasteiger partial charge in [-0.25, -0.2) is 9.18 Å². The summed E-state index contributed by atoms with van der Waals surface area (Å²) in [5.41, 5.74) is 0.473. The smallest absolute Gasteiger partial charge is 0.319 e. The predicted molar refractivity (Wildman–Crippen MR) is 86.6 cm³/mol. The van der Waals surface area contributed by atoms with E-state index >= 15 is 0 Å². The molecule has 1 aliphatic heterocycles. The van der Waals surface area contributed by atoms with Crippen LogP contribution in [0, 0.1) is 5.82 Å². The van der Waals surface area contributed by atoms with Crippen molar-refractivity contribution in [2.75, 3.05) is 6.54 Å². The van der Waals surface area contributed by atoms with Crippen molar-refractivity contribution in [3.63, 3.8) is 0 Å². The molecule has 0 bridgehead atoms. The topological polar surface area (TPSA) is 62.3 Å². The first-order valence-electron chi connectivity index (χ1n) is 7.86. The molecule has 2 heterocycles. The fourth-order valence-electron chi connectivity index (χ4n) is 2.99. The largest absolute Gasteiger partial charge is 0.325 e. The molecule has 1 fully saturated rings. The van der Waals surface area contributed by atoms with Gasteiger partial charge in [0.25, 0.3) is 5.91 Å². The fraction of sp³-hybridized carbons (Fsp3) is 0.278. The number of benzene rings is 1. The monoisotopic (exact) mass is 327 g/mol. The van der Waals surface area contributed by atoms with Crippen LogP contribution in [-0.2, 0) is 16.8 Å². The molecule has 0 aliphatic carbocycles. The maximum absolute atomic E-state index is 13.2. The van der Waals surface area contributed by atoms with Gasteiger partial charge in [-0.1, -0.05) is 19.1 Å². The summed E-state index contributed by atoms with van der Waals surface area (Å²) in [5.74, 6) is -0.674. The maximum Gasteiger partial charge on any atom is 0.325 e. The van der Waals surface area contributed by atoms with Crippen molar-refractivity contribution < 1.29 is 14.0 Å². The molecule has 0 saturated carbocycles. The Hall–Kier alpha value is -2.76. The molecule has 2 aromatic rings. The molecule has 1 aromatic heterocycles. The Kier molecular flexibility index (Phi) is 4.29. The zero-order chi connectivity index (χ0) is 17.2. The first kappa shape index (κ1) is 16.1. The number of amides is 3. The molecule has 5 nitrogen and oxygen atoms in total. The Labute approximate surface area is 139 Å². The second kappa shape index (κ2) is 6.39. The zero-order valence-corrected chi connectivity index (χ0v) is 13.3. The van der Waals surface area contributed by atoms with Crippen molar-refractivity contribution in [3.8, 4) is 0 Å². The van der Waals surface area contributed by atoms with Gasteiger partial charge in [0.15, 0.2) is 0 Å². The highest BCUT2D eigenvalue weighted by Gasteiger charge is 2.50. The van der Waals surface area contributed by atoms with E-state index in [-0.39, 0.29) is 18.3 Å². The molecular formula is C18H18FN3O2. The molecule has 3 amide bonds. The summed E-state index contributed by atoms with van der Waals surface area (Å²) >= 11 is 0. The lowest BCUT2D eigenvalue weighted by Gasteiger charge is -2.25. The van der Waals surface area contributed by atoms with Crippen LogP contribution in [0.3, 0.4) is 0 Å². The first-order chi connectivity index (χ1) is 11.6. The molecule has 1 aromatic carbocycles. The highest BCUT2D eigenvalue weighted by molar-refractivity contribution is 6.07. The number of aromatic nitrogens is 1. The number of urea groups is 1. The number of imide groups is 1. The van der Waals surface area contributed by atoms with E-state index in [1.54, 1.807) is 24.5 Å². The highest BCUT2D eigenvalue weighted by atomic mass is 19.1. The number of rotatable bonds is 5. The Morgan fingerprint density at radius 1 is 1.12 bits per heavy atom. The summed E-state index contributed by atoms with van der Waals surface area (Å²) in [6.45, 7) is 2.12. The standard InChI is InChI=1S/C18H18FN3O2/c1-2-18(14-3-5-15(19)6-4-14)16(23)22(17(24)21-18)12-9-13-7-10-20-11-8-13/h3-8,10-11H,2,9,12H2,1H3,(H,21,24). The third-order valence-electron chi connectivity index (χ3n) is 4.42. The minimum atomic E-state index is -1.12.